The lowest BCUT2D eigenvalue weighted by Crippen LogP contribution is -2.68. The summed E-state index contributed by atoms with van der Waals surface area (Å²) in [5.74, 6) is 3.06. The first-order valence-corrected chi connectivity index (χ1v) is 26.7. The fourth-order valence-corrected chi connectivity index (χ4v) is 15.9. The molecule has 31 atom stereocenters. The van der Waals surface area contributed by atoms with Gasteiger partial charge >= 0.3 is 0 Å². The minimum Gasteiger partial charge on any atom is -0.394 e. The van der Waals surface area contributed by atoms with Crippen molar-refractivity contribution in [2.75, 3.05) is 33.0 Å². The van der Waals surface area contributed by atoms with Gasteiger partial charge in [0, 0.05) is 12.3 Å². The fraction of sp³-hybridized carbons (Fsp3) is 1.00. The highest BCUT2D eigenvalue weighted by Crippen LogP contribution is 2.71. The second-order valence-corrected chi connectivity index (χ2v) is 23.9. The number of hydrogen-bond donors (Lipinski definition) is 12. The molecule has 0 aromatic rings. The zero-order valence-corrected chi connectivity index (χ0v) is 41.7. The molecule has 12 N–H and O–H groups in total. The number of fused-ring (bicyclic) bond motifs is 7. The first-order chi connectivity index (χ1) is 34.3. The van der Waals surface area contributed by atoms with E-state index in [1.807, 2.05) is 0 Å². The molecule has 414 valence electrons. The summed E-state index contributed by atoms with van der Waals surface area (Å²) in [6.07, 6.45) is -22.9. The lowest BCUT2D eigenvalue weighted by Gasteiger charge is -2.61. The lowest BCUT2D eigenvalue weighted by molar-refractivity contribution is -0.404. The molecular formula is C50H82O22. The predicted octanol–water partition coefficient (Wildman–Crippen LogP) is -2.27. The Morgan fingerprint density at radius 3 is 1.85 bits per heavy atom. The van der Waals surface area contributed by atoms with Crippen LogP contribution in [0, 0.1) is 52.3 Å². The van der Waals surface area contributed by atoms with E-state index in [-0.39, 0.29) is 23.0 Å². The Bertz CT molecular complexity index is 1830. The van der Waals surface area contributed by atoms with E-state index in [9.17, 15) is 61.3 Å². The van der Waals surface area contributed by atoms with Gasteiger partial charge < -0.3 is 109 Å². The average molecular weight is 1040 g/mol. The highest BCUT2D eigenvalue weighted by atomic mass is 16.8. The molecule has 72 heavy (non-hydrogen) atoms. The van der Waals surface area contributed by atoms with E-state index in [1.54, 1.807) is 0 Å². The molecule has 0 amide bonds. The molecule has 6 heterocycles. The lowest BCUT2D eigenvalue weighted by atomic mass is 9.44. The van der Waals surface area contributed by atoms with Gasteiger partial charge in [-0.15, -0.1) is 0 Å². The number of ether oxygens (including phenoxy) is 10. The molecule has 0 aromatic carbocycles. The third kappa shape index (κ3) is 9.26. The van der Waals surface area contributed by atoms with Gasteiger partial charge in [-0.3, -0.25) is 0 Å². The van der Waals surface area contributed by atoms with Crippen molar-refractivity contribution in [1.82, 2.24) is 0 Å². The smallest absolute Gasteiger partial charge is 0.187 e. The van der Waals surface area contributed by atoms with E-state index < -0.39 is 149 Å². The standard InChI is InChI=1S/C50H82O22/c1-20-7-12-50(64-18-20)21(2)32-28(72-50)14-26-24-6-5-22-13-23(8-10-48(22,3)25(24)9-11-49(26,32)4)65-45-40(62)37(59)41(31(17-53)68-45)69-47-43(71-46-39(61)36(58)34(56)29(15-51)66-46)42(35(57)30(16-52)67-47)70-44-38(60)33(55)27(54)19-63-44/h20-47,51-62H,5-19H2,1-4H3/t20-,21+,22+,23+,24-,25+,26+,27-,28+,29-,30-,31-,32+,33+,34-,35-,36+,37-,38-,39-,40-,41+,42+,43-,44+,45-,46+,47+,48+,49-,50-/m1/s1. The van der Waals surface area contributed by atoms with Crippen LogP contribution in [0.25, 0.3) is 0 Å². The number of aliphatic hydroxyl groups excluding tert-OH is 12. The monoisotopic (exact) mass is 1030 g/mol. The zero-order valence-electron chi connectivity index (χ0n) is 41.7. The number of aliphatic hydroxyl groups is 12. The topological polar surface area (TPSA) is 335 Å². The van der Waals surface area contributed by atoms with Crippen molar-refractivity contribution in [3.05, 3.63) is 0 Å². The summed E-state index contributed by atoms with van der Waals surface area (Å²) in [6, 6.07) is 0. The van der Waals surface area contributed by atoms with E-state index in [0.717, 1.165) is 51.6 Å². The van der Waals surface area contributed by atoms with Crippen molar-refractivity contribution < 1.29 is 109 Å². The highest BCUT2D eigenvalue weighted by molar-refractivity contribution is 5.15. The Hall–Kier alpha value is -0.880. The van der Waals surface area contributed by atoms with Crippen LogP contribution >= 0.6 is 0 Å². The van der Waals surface area contributed by atoms with E-state index in [0.29, 0.717) is 47.8 Å². The molecule has 4 aliphatic carbocycles. The summed E-state index contributed by atoms with van der Waals surface area (Å²) in [4.78, 5) is 0. The van der Waals surface area contributed by atoms with Gasteiger partial charge in [-0.05, 0) is 104 Å². The normalized spacial score (nSPS) is 57.8. The number of hydrogen-bond acceptors (Lipinski definition) is 22. The van der Waals surface area contributed by atoms with Gasteiger partial charge in [0.1, 0.15) is 91.6 Å². The Kier molecular flexibility index (Phi) is 15.9. The van der Waals surface area contributed by atoms with E-state index >= 15 is 0 Å². The quantitative estimate of drug-likeness (QED) is 0.0971. The van der Waals surface area contributed by atoms with E-state index in [1.165, 1.54) is 12.8 Å². The third-order valence-electron chi connectivity index (χ3n) is 20.0. The van der Waals surface area contributed by atoms with Crippen LogP contribution in [-0.2, 0) is 47.4 Å². The molecule has 6 saturated heterocycles. The average Bonchev–Trinajstić information content (AvgIpc) is 3.82. The molecule has 0 aromatic heterocycles. The zero-order chi connectivity index (χ0) is 51.3. The largest absolute Gasteiger partial charge is 0.394 e. The van der Waals surface area contributed by atoms with Crippen molar-refractivity contribution in [2.24, 2.45) is 52.3 Å². The summed E-state index contributed by atoms with van der Waals surface area (Å²) in [5, 5.41) is 129. The van der Waals surface area contributed by atoms with Crippen LogP contribution in [0.5, 0.6) is 0 Å². The van der Waals surface area contributed by atoms with Crippen LogP contribution in [0.3, 0.4) is 0 Å². The Morgan fingerprint density at radius 2 is 1.14 bits per heavy atom. The van der Waals surface area contributed by atoms with Gasteiger partial charge in [0.2, 0.25) is 0 Å². The summed E-state index contributed by atoms with van der Waals surface area (Å²) < 4.78 is 61.4. The minimum absolute atomic E-state index is 0.0916. The van der Waals surface area contributed by atoms with Gasteiger partial charge in [0.15, 0.2) is 30.9 Å². The van der Waals surface area contributed by atoms with Crippen LogP contribution in [0.4, 0.5) is 0 Å². The molecule has 0 bridgehead atoms. The summed E-state index contributed by atoms with van der Waals surface area (Å²) in [5.41, 5.74) is 0.293. The first kappa shape index (κ1) is 54.5. The van der Waals surface area contributed by atoms with Crippen molar-refractivity contribution in [3.8, 4) is 0 Å². The molecule has 1 spiro atoms. The third-order valence-corrected chi connectivity index (χ3v) is 20.0. The molecule has 22 heteroatoms. The summed E-state index contributed by atoms with van der Waals surface area (Å²) >= 11 is 0. The van der Waals surface area contributed by atoms with Crippen molar-refractivity contribution in [2.45, 2.75) is 227 Å². The van der Waals surface area contributed by atoms with E-state index in [2.05, 4.69) is 27.7 Å². The van der Waals surface area contributed by atoms with Crippen molar-refractivity contribution in [3.63, 3.8) is 0 Å². The minimum atomic E-state index is -2.00. The van der Waals surface area contributed by atoms with Gasteiger partial charge in [0.05, 0.1) is 45.2 Å². The van der Waals surface area contributed by atoms with E-state index in [4.69, 9.17) is 47.4 Å². The SMILES string of the molecule is C[C@@H]1CC[C@@]2(OC1)O[C@H]1C[C@H]3[C@@H]4CC[C@H]5C[C@@H](O[C@@H]6O[C@H](CO)[C@H](O[C@@H]7O[C@H](CO)[C@@H](O)[C@H](O[C@@H]8OC[C@@H](O)[C@H](O)[C@H]8O)[C@H]7O[C@@H]7O[C@H](CO)[C@@H](O)[C@H](O)[C@H]7O)[C@H](O)[C@H]6O)CC[C@]5(C)[C@H]4CC[C@@]3(C)[C@H]1[C@@H]2C. The molecule has 4 saturated carbocycles. The maximum atomic E-state index is 11.8. The maximum absolute atomic E-state index is 11.8. The molecule has 0 unspecified atom stereocenters. The second-order valence-electron chi connectivity index (χ2n) is 23.9. The highest BCUT2D eigenvalue weighted by Gasteiger charge is 2.69. The Balaban J connectivity index is 0.812. The van der Waals surface area contributed by atoms with Gasteiger partial charge in [-0.2, -0.15) is 0 Å². The molecule has 22 nitrogen and oxygen atoms in total. The molecule has 10 fully saturated rings. The molecule has 10 aliphatic rings. The molecule has 10 rings (SSSR count). The van der Waals surface area contributed by atoms with Crippen LogP contribution in [0.1, 0.15) is 91.9 Å². The predicted molar refractivity (Wildman–Crippen MR) is 242 cm³/mol. The van der Waals surface area contributed by atoms with Crippen molar-refractivity contribution in [1.29, 1.82) is 0 Å². The van der Waals surface area contributed by atoms with Crippen LogP contribution in [-0.4, -0.2) is 229 Å². The van der Waals surface area contributed by atoms with Gasteiger partial charge in [-0.25, -0.2) is 0 Å². The van der Waals surface area contributed by atoms with Gasteiger partial charge in [0.25, 0.3) is 0 Å². The molecule has 6 aliphatic heterocycles. The van der Waals surface area contributed by atoms with Gasteiger partial charge in [-0.1, -0.05) is 27.7 Å². The van der Waals surface area contributed by atoms with Crippen molar-refractivity contribution >= 4 is 0 Å². The molecular weight excluding hydrogens is 953 g/mol. The summed E-state index contributed by atoms with van der Waals surface area (Å²) in [7, 11) is 0. The Labute approximate surface area is 419 Å². The number of rotatable bonds is 11. The Morgan fingerprint density at radius 1 is 0.514 bits per heavy atom. The van der Waals surface area contributed by atoms with Crippen LogP contribution in [0.15, 0.2) is 0 Å². The van der Waals surface area contributed by atoms with Crippen LogP contribution in [0.2, 0.25) is 0 Å². The fourth-order valence-electron chi connectivity index (χ4n) is 15.9. The summed E-state index contributed by atoms with van der Waals surface area (Å²) in [6.45, 7) is 7.42. The molecule has 0 radical (unpaired) electrons. The first-order valence-electron chi connectivity index (χ1n) is 26.7. The maximum Gasteiger partial charge on any atom is 0.187 e. The van der Waals surface area contributed by atoms with Crippen LogP contribution < -0.4 is 0 Å². The second kappa shape index (κ2) is 21.1.